The first kappa shape index (κ1) is 14.3. The van der Waals surface area contributed by atoms with Crippen LogP contribution in [0.25, 0.3) is 16.7 Å². The predicted octanol–water partition coefficient (Wildman–Crippen LogP) is 4.38. The van der Waals surface area contributed by atoms with Crippen LogP contribution in [0.2, 0.25) is 0 Å². The van der Waals surface area contributed by atoms with Gasteiger partial charge in [0, 0.05) is 9.26 Å². The number of imidazole rings is 1. The zero-order chi connectivity index (χ0) is 15.0. The molecule has 104 valence electrons. The number of halogens is 3. The minimum atomic E-state index is -0.535. The highest BCUT2D eigenvalue weighted by molar-refractivity contribution is 14.1. The molecule has 0 aliphatic rings. The fourth-order valence-electron chi connectivity index (χ4n) is 2.22. The van der Waals surface area contributed by atoms with Gasteiger partial charge in [-0.05, 0) is 59.0 Å². The number of fused-ring (bicyclic) bond motifs is 1. The maximum absolute atomic E-state index is 13.5. The summed E-state index contributed by atoms with van der Waals surface area (Å²) in [6.07, 6.45) is 0. The van der Waals surface area contributed by atoms with E-state index in [-0.39, 0.29) is 11.4 Å². The number of nitriles is 1. The average molecular weight is 412 g/mol. The highest BCUT2D eigenvalue weighted by atomic mass is 127. The lowest BCUT2D eigenvalue weighted by Gasteiger charge is -2.08. The molecule has 3 rings (SSSR count). The molecule has 1 aromatic heterocycles. The molecular weight excluding hydrogens is 404 g/mol. The molecule has 6 heteroatoms. The van der Waals surface area contributed by atoms with Gasteiger partial charge in [0.05, 0.1) is 22.5 Å². The molecule has 0 saturated carbocycles. The molecule has 0 amide bonds. The number of nitrogens with zero attached hydrogens (tertiary/aromatic N) is 3. The van der Waals surface area contributed by atoms with Gasteiger partial charge in [-0.3, -0.25) is 4.57 Å². The van der Waals surface area contributed by atoms with Gasteiger partial charge < -0.3 is 0 Å². The van der Waals surface area contributed by atoms with Gasteiger partial charge >= 0.3 is 0 Å². The minimum Gasteiger partial charge on any atom is -0.295 e. The van der Waals surface area contributed by atoms with Crippen LogP contribution in [-0.4, -0.2) is 9.55 Å². The highest BCUT2D eigenvalue weighted by Gasteiger charge is 2.13. The van der Waals surface area contributed by atoms with E-state index in [4.69, 9.17) is 16.9 Å². The molecule has 0 unspecified atom stereocenters. The van der Waals surface area contributed by atoms with Gasteiger partial charge in [0.1, 0.15) is 17.7 Å². The van der Waals surface area contributed by atoms with Crippen LogP contribution < -0.4 is 0 Å². The molecule has 1 heterocycles. The van der Waals surface area contributed by atoms with E-state index in [0.29, 0.717) is 11.5 Å². The topological polar surface area (TPSA) is 41.6 Å². The monoisotopic (exact) mass is 411 g/mol. The average Bonchev–Trinajstić information content (AvgIpc) is 2.85. The highest BCUT2D eigenvalue weighted by Crippen LogP contribution is 2.25. The molecule has 0 aliphatic carbocycles. The number of aromatic nitrogens is 2. The standard InChI is InChI=1S/C15H8ClFIN3/c16-7-15-20-13-6-10(18)1-4-14(13)21(15)11-2-3-12(17)9(5-11)8-19/h1-6H,7H2. The zero-order valence-corrected chi connectivity index (χ0v) is 13.6. The molecule has 0 N–H and O–H groups in total. The van der Waals surface area contributed by atoms with Crippen molar-refractivity contribution in [1.29, 1.82) is 5.26 Å². The summed E-state index contributed by atoms with van der Waals surface area (Å²) in [4.78, 5) is 4.50. The van der Waals surface area contributed by atoms with Crippen LogP contribution in [0, 0.1) is 20.7 Å². The molecule has 0 atom stereocenters. The van der Waals surface area contributed by atoms with E-state index in [1.807, 2.05) is 28.8 Å². The van der Waals surface area contributed by atoms with E-state index in [1.165, 1.54) is 12.1 Å². The van der Waals surface area contributed by atoms with E-state index in [9.17, 15) is 4.39 Å². The minimum absolute atomic E-state index is 0.000356. The van der Waals surface area contributed by atoms with Gasteiger partial charge in [0.2, 0.25) is 0 Å². The summed E-state index contributed by atoms with van der Waals surface area (Å²) in [6.45, 7) is 0. The second kappa shape index (κ2) is 5.62. The third-order valence-electron chi connectivity index (χ3n) is 3.13. The Bertz CT molecular complexity index is 882. The number of hydrogen-bond donors (Lipinski definition) is 0. The maximum Gasteiger partial charge on any atom is 0.141 e. The molecule has 0 fully saturated rings. The summed E-state index contributed by atoms with van der Waals surface area (Å²) >= 11 is 8.19. The van der Waals surface area contributed by atoms with Gasteiger partial charge in [-0.15, -0.1) is 11.6 Å². The Balaban J connectivity index is 2.31. The zero-order valence-electron chi connectivity index (χ0n) is 10.6. The summed E-state index contributed by atoms with van der Waals surface area (Å²) in [5.41, 5.74) is 2.37. The van der Waals surface area contributed by atoms with Crippen molar-refractivity contribution in [2.75, 3.05) is 0 Å². The third-order valence-corrected chi connectivity index (χ3v) is 4.04. The van der Waals surface area contributed by atoms with Gasteiger partial charge in [0.15, 0.2) is 0 Å². The molecular formula is C15H8ClFIN3. The van der Waals surface area contributed by atoms with Crippen molar-refractivity contribution < 1.29 is 4.39 Å². The molecule has 0 saturated heterocycles. The Morgan fingerprint density at radius 1 is 1.29 bits per heavy atom. The van der Waals surface area contributed by atoms with Crippen LogP contribution in [-0.2, 0) is 5.88 Å². The van der Waals surface area contributed by atoms with Crippen molar-refractivity contribution in [1.82, 2.24) is 9.55 Å². The number of hydrogen-bond acceptors (Lipinski definition) is 2. The van der Waals surface area contributed by atoms with Crippen molar-refractivity contribution in [3.63, 3.8) is 0 Å². The summed E-state index contributed by atoms with van der Waals surface area (Å²) in [5.74, 6) is 0.349. The van der Waals surface area contributed by atoms with Crippen LogP contribution in [0.5, 0.6) is 0 Å². The maximum atomic E-state index is 13.5. The lowest BCUT2D eigenvalue weighted by Crippen LogP contribution is -2.00. The van der Waals surface area contributed by atoms with Crippen molar-refractivity contribution in [2.45, 2.75) is 5.88 Å². The first-order valence-corrected chi connectivity index (χ1v) is 7.68. The van der Waals surface area contributed by atoms with E-state index in [1.54, 1.807) is 6.07 Å². The van der Waals surface area contributed by atoms with Gasteiger partial charge in [0.25, 0.3) is 0 Å². The number of benzene rings is 2. The molecule has 21 heavy (non-hydrogen) atoms. The van der Waals surface area contributed by atoms with Gasteiger partial charge in [-0.25, -0.2) is 9.37 Å². The molecule has 0 bridgehead atoms. The third kappa shape index (κ3) is 2.49. The Labute approximate surface area is 139 Å². The second-order valence-electron chi connectivity index (χ2n) is 4.41. The lowest BCUT2D eigenvalue weighted by molar-refractivity contribution is 0.623. The van der Waals surface area contributed by atoms with Crippen LogP contribution in [0.4, 0.5) is 4.39 Å². The first-order valence-electron chi connectivity index (χ1n) is 6.07. The molecule has 0 spiro atoms. The Kier molecular flexibility index (Phi) is 3.83. The molecule has 0 aliphatic heterocycles. The summed E-state index contributed by atoms with van der Waals surface area (Å²) in [7, 11) is 0. The summed E-state index contributed by atoms with van der Waals surface area (Å²) in [5, 5.41) is 8.97. The van der Waals surface area contributed by atoms with Crippen molar-refractivity contribution in [3.8, 4) is 11.8 Å². The molecule has 3 aromatic rings. The smallest absolute Gasteiger partial charge is 0.141 e. The fraction of sp³-hybridized carbons (Fsp3) is 0.0667. The van der Waals surface area contributed by atoms with E-state index in [0.717, 1.165) is 14.6 Å². The quantitative estimate of drug-likeness (QED) is 0.464. The predicted molar refractivity (Wildman–Crippen MR) is 88.0 cm³/mol. The van der Waals surface area contributed by atoms with Crippen molar-refractivity contribution in [3.05, 3.63) is 57.2 Å². The van der Waals surface area contributed by atoms with E-state index >= 15 is 0 Å². The van der Waals surface area contributed by atoms with E-state index in [2.05, 4.69) is 27.6 Å². The summed E-state index contributed by atoms with van der Waals surface area (Å²) < 4.78 is 16.4. The number of rotatable bonds is 2. The lowest BCUT2D eigenvalue weighted by atomic mass is 10.2. The van der Waals surface area contributed by atoms with E-state index < -0.39 is 5.82 Å². The van der Waals surface area contributed by atoms with Crippen LogP contribution in [0.3, 0.4) is 0 Å². The fourth-order valence-corrected chi connectivity index (χ4v) is 2.87. The van der Waals surface area contributed by atoms with Gasteiger partial charge in [-0.2, -0.15) is 5.26 Å². The largest absolute Gasteiger partial charge is 0.295 e. The number of alkyl halides is 1. The van der Waals surface area contributed by atoms with Crippen LogP contribution in [0.1, 0.15) is 11.4 Å². The van der Waals surface area contributed by atoms with Crippen LogP contribution >= 0.6 is 34.2 Å². The van der Waals surface area contributed by atoms with Crippen molar-refractivity contribution >= 4 is 45.2 Å². The Hall–Kier alpha value is -1.65. The molecule has 2 aromatic carbocycles. The Morgan fingerprint density at radius 2 is 2.10 bits per heavy atom. The van der Waals surface area contributed by atoms with Gasteiger partial charge in [-0.1, -0.05) is 0 Å². The summed E-state index contributed by atoms with van der Waals surface area (Å²) in [6, 6.07) is 12.1. The van der Waals surface area contributed by atoms with Crippen LogP contribution in [0.15, 0.2) is 36.4 Å². The second-order valence-corrected chi connectivity index (χ2v) is 5.92. The van der Waals surface area contributed by atoms with Crippen molar-refractivity contribution in [2.24, 2.45) is 0 Å². The SMILES string of the molecule is N#Cc1cc(-n2c(CCl)nc3cc(I)ccc32)ccc1F. The Morgan fingerprint density at radius 3 is 2.81 bits per heavy atom. The molecule has 3 nitrogen and oxygen atoms in total. The molecule has 0 radical (unpaired) electrons. The first-order chi connectivity index (χ1) is 10.1. The normalized spacial score (nSPS) is 10.8.